The Balaban J connectivity index is 2.03. The van der Waals surface area contributed by atoms with Crippen LogP contribution in [0.4, 0.5) is 0 Å². The molecule has 2 aliphatic rings. The van der Waals surface area contributed by atoms with Crippen LogP contribution in [0.2, 0.25) is 0 Å². The first-order chi connectivity index (χ1) is 12.7. The Morgan fingerprint density at radius 1 is 0.769 bits per heavy atom. The lowest BCUT2D eigenvalue weighted by atomic mass is 9.92. The first kappa shape index (κ1) is 14.7. The molecule has 1 N–H and O–H groups in total. The highest BCUT2D eigenvalue weighted by Gasteiger charge is 2.18. The number of hydrogen-bond acceptors (Lipinski definition) is 3. The number of phenolic OH excluding ortho intramolecular Hbond substituents is 1. The largest absolute Gasteiger partial charge is 0.507 e. The van der Waals surface area contributed by atoms with Gasteiger partial charge in [-0.3, -0.25) is 4.79 Å². The summed E-state index contributed by atoms with van der Waals surface area (Å²) >= 11 is 0. The SMILES string of the molecule is O=c1ccc2c(-c3ccccc3)c3cc4c(O)cccc4cc3oc-2c1. The smallest absolute Gasteiger partial charge is 0.182 e. The molecule has 0 bridgehead atoms. The van der Waals surface area contributed by atoms with Gasteiger partial charge in [0.05, 0.1) is 0 Å². The molecule has 3 nitrogen and oxygen atoms in total. The molecule has 124 valence electrons. The minimum absolute atomic E-state index is 0.0851. The Kier molecular flexibility index (Phi) is 3.09. The Hall–Kier alpha value is -3.59. The van der Waals surface area contributed by atoms with E-state index < -0.39 is 0 Å². The number of aromatic hydroxyl groups is 1. The van der Waals surface area contributed by atoms with Crippen molar-refractivity contribution in [2.45, 2.75) is 0 Å². The number of hydrogen-bond donors (Lipinski definition) is 1. The number of fused-ring (bicyclic) bond motifs is 3. The summed E-state index contributed by atoms with van der Waals surface area (Å²) in [6, 6.07) is 24.2. The van der Waals surface area contributed by atoms with Gasteiger partial charge in [-0.05, 0) is 41.3 Å². The van der Waals surface area contributed by atoms with Crippen LogP contribution in [0.5, 0.6) is 5.75 Å². The number of phenols is 1. The molecule has 3 heteroatoms. The van der Waals surface area contributed by atoms with Gasteiger partial charge in [-0.25, -0.2) is 0 Å². The molecule has 3 aromatic carbocycles. The maximum atomic E-state index is 11.8. The van der Waals surface area contributed by atoms with Gasteiger partial charge < -0.3 is 9.52 Å². The minimum Gasteiger partial charge on any atom is -0.507 e. The van der Waals surface area contributed by atoms with E-state index in [0.717, 1.165) is 32.8 Å². The highest BCUT2D eigenvalue weighted by atomic mass is 16.3. The summed E-state index contributed by atoms with van der Waals surface area (Å²) in [5.41, 5.74) is 3.50. The Morgan fingerprint density at radius 2 is 1.62 bits per heavy atom. The molecule has 1 aliphatic heterocycles. The predicted molar refractivity (Wildman–Crippen MR) is 104 cm³/mol. The summed E-state index contributed by atoms with van der Waals surface area (Å²) in [7, 11) is 0. The van der Waals surface area contributed by atoms with E-state index in [1.165, 1.54) is 6.07 Å². The van der Waals surface area contributed by atoms with E-state index in [-0.39, 0.29) is 11.2 Å². The van der Waals surface area contributed by atoms with Crippen molar-refractivity contribution in [3.63, 3.8) is 0 Å². The lowest BCUT2D eigenvalue weighted by Gasteiger charge is -2.16. The molecule has 1 aliphatic carbocycles. The van der Waals surface area contributed by atoms with Crippen LogP contribution in [-0.2, 0) is 0 Å². The van der Waals surface area contributed by atoms with Crippen molar-refractivity contribution in [1.82, 2.24) is 0 Å². The van der Waals surface area contributed by atoms with Crippen LogP contribution >= 0.6 is 0 Å². The van der Waals surface area contributed by atoms with E-state index in [0.29, 0.717) is 11.3 Å². The van der Waals surface area contributed by atoms with Crippen molar-refractivity contribution in [2.24, 2.45) is 0 Å². The summed E-state index contributed by atoms with van der Waals surface area (Å²) in [6.45, 7) is 0. The minimum atomic E-state index is -0.0851. The van der Waals surface area contributed by atoms with Crippen LogP contribution in [0.1, 0.15) is 0 Å². The van der Waals surface area contributed by atoms with Gasteiger partial charge in [0, 0.05) is 28.0 Å². The van der Waals surface area contributed by atoms with Crippen LogP contribution in [0.15, 0.2) is 88.1 Å². The molecule has 0 atom stereocenters. The third-order valence-corrected chi connectivity index (χ3v) is 4.73. The summed E-state index contributed by atoms with van der Waals surface area (Å²) in [5, 5.41) is 12.8. The van der Waals surface area contributed by atoms with E-state index in [4.69, 9.17) is 4.42 Å². The van der Waals surface area contributed by atoms with E-state index in [1.807, 2.05) is 48.5 Å². The topological polar surface area (TPSA) is 50.4 Å². The Morgan fingerprint density at radius 3 is 2.46 bits per heavy atom. The van der Waals surface area contributed by atoms with Gasteiger partial charge in [0.1, 0.15) is 17.1 Å². The molecule has 0 saturated heterocycles. The third kappa shape index (κ3) is 2.18. The van der Waals surface area contributed by atoms with Crippen molar-refractivity contribution < 1.29 is 9.52 Å². The first-order valence-corrected chi connectivity index (χ1v) is 8.38. The van der Waals surface area contributed by atoms with Crippen molar-refractivity contribution in [2.75, 3.05) is 0 Å². The van der Waals surface area contributed by atoms with Crippen LogP contribution in [0, 0.1) is 0 Å². The molecule has 0 fully saturated rings. The molecule has 0 unspecified atom stereocenters. The molecule has 0 aromatic heterocycles. The standard InChI is InChI=1S/C23H14O3/c24-16-9-10-17-22(12-16)26-21-11-15-7-4-8-20(25)18(15)13-19(21)23(17)14-5-2-1-3-6-14/h1-13,25H. The Labute approximate surface area is 149 Å². The van der Waals surface area contributed by atoms with Crippen LogP contribution in [-0.4, -0.2) is 5.11 Å². The number of rotatable bonds is 1. The molecule has 5 rings (SSSR count). The van der Waals surface area contributed by atoms with Gasteiger partial charge in [-0.15, -0.1) is 0 Å². The first-order valence-electron chi connectivity index (χ1n) is 8.38. The second kappa shape index (κ2) is 5.46. The fourth-order valence-corrected chi connectivity index (χ4v) is 3.54. The van der Waals surface area contributed by atoms with Crippen LogP contribution < -0.4 is 5.43 Å². The van der Waals surface area contributed by atoms with Gasteiger partial charge in [0.25, 0.3) is 0 Å². The maximum Gasteiger partial charge on any atom is 0.182 e. The molecule has 0 saturated carbocycles. The monoisotopic (exact) mass is 338 g/mol. The lowest BCUT2D eigenvalue weighted by Crippen LogP contribution is -1.99. The molecule has 0 amide bonds. The van der Waals surface area contributed by atoms with Gasteiger partial charge in [0.2, 0.25) is 0 Å². The predicted octanol–water partition coefficient (Wildman–Crippen LogP) is 5.42. The summed E-state index contributed by atoms with van der Waals surface area (Å²) < 4.78 is 6.06. The van der Waals surface area contributed by atoms with Crippen LogP contribution in [0.3, 0.4) is 0 Å². The fraction of sp³-hybridized carbons (Fsp3) is 0. The zero-order chi connectivity index (χ0) is 17.7. The average molecular weight is 338 g/mol. The highest BCUT2D eigenvalue weighted by Crippen LogP contribution is 2.41. The van der Waals surface area contributed by atoms with Gasteiger partial charge in [0.15, 0.2) is 5.43 Å². The summed E-state index contributed by atoms with van der Waals surface area (Å²) in [6.07, 6.45) is 0. The summed E-state index contributed by atoms with van der Waals surface area (Å²) in [5.74, 6) is 0.793. The fourth-order valence-electron chi connectivity index (χ4n) is 3.54. The molecule has 3 aromatic rings. The second-order valence-corrected chi connectivity index (χ2v) is 6.35. The molecule has 0 radical (unpaired) electrons. The quantitative estimate of drug-likeness (QED) is 0.415. The maximum absolute atomic E-state index is 11.8. The van der Waals surface area contributed by atoms with E-state index >= 15 is 0 Å². The van der Waals surface area contributed by atoms with Crippen molar-refractivity contribution in [3.8, 4) is 28.2 Å². The van der Waals surface area contributed by atoms with Gasteiger partial charge in [-0.2, -0.15) is 0 Å². The van der Waals surface area contributed by atoms with E-state index in [2.05, 4.69) is 0 Å². The molecular weight excluding hydrogens is 324 g/mol. The second-order valence-electron chi connectivity index (χ2n) is 6.35. The molecule has 0 spiro atoms. The average Bonchev–Trinajstić information content (AvgIpc) is 2.66. The van der Waals surface area contributed by atoms with E-state index in [1.54, 1.807) is 24.3 Å². The third-order valence-electron chi connectivity index (χ3n) is 4.73. The van der Waals surface area contributed by atoms with Crippen LogP contribution in [0.25, 0.3) is 44.2 Å². The van der Waals surface area contributed by atoms with Gasteiger partial charge >= 0.3 is 0 Å². The molecule has 1 heterocycles. The number of benzene rings is 4. The van der Waals surface area contributed by atoms with E-state index in [9.17, 15) is 9.90 Å². The highest BCUT2D eigenvalue weighted by molar-refractivity contribution is 6.08. The molecular formula is C23H14O3. The van der Waals surface area contributed by atoms with Crippen molar-refractivity contribution in [1.29, 1.82) is 0 Å². The van der Waals surface area contributed by atoms with Crippen molar-refractivity contribution >= 4 is 21.7 Å². The zero-order valence-electron chi connectivity index (χ0n) is 13.8. The summed E-state index contributed by atoms with van der Waals surface area (Å²) in [4.78, 5) is 11.8. The van der Waals surface area contributed by atoms with Gasteiger partial charge in [-0.1, -0.05) is 42.5 Å². The lowest BCUT2D eigenvalue weighted by molar-refractivity contribution is 0.481. The normalized spacial score (nSPS) is 11.4. The zero-order valence-corrected chi connectivity index (χ0v) is 13.8. The molecule has 26 heavy (non-hydrogen) atoms. The Bertz CT molecular complexity index is 1300. The van der Waals surface area contributed by atoms with Crippen molar-refractivity contribution in [3.05, 3.63) is 89.1 Å².